The van der Waals surface area contributed by atoms with Crippen LogP contribution in [0.2, 0.25) is 0 Å². The van der Waals surface area contributed by atoms with Gasteiger partial charge in [-0.15, -0.1) is 0 Å². The molecule has 2 atom stereocenters. The van der Waals surface area contributed by atoms with Gasteiger partial charge in [-0.3, -0.25) is 4.79 Å². The van der Waals surface area contributed by atoms with Gasteiger partial charge in [0, 0.05) is 17.8 Å². The first-order chi connectivity index (χ1) is 9.43. The van der Waals surface area contributed by atoms with E-state index in [-0.39, 0.29) is 12.0 Å². The van der Waals surface area contributed by atoms with Crippen LogP contribution in [0.15, 0.2) is 18.2 Å². The second-order valence-corrected chi connectivity index (χ2v) is 5.83. The van der Waals surface area contributed by atoms with Crippen molar-refractivity contribution in [2.24, 2.45) is 5.92 Å². The van der Waals surface area contributed by atoms with E-state index in [1.165, 1.54) is 11.3 Å². The van der Waals surface area contributed by atoms with E-state index in [1.54, 1.807) is 14.0 Å². The molecular weight excluding hydrogens is 254 g/mol. The number of hydrogen-bond acceptors (Lipinski definition) is 3. The third kappa shape index (κ3) is 2.74. The fraction of sp³-hybridized carbons (Fsp3) is 0.562. The molecule has 2 rings (SSSR count). The lowest BCUT2D eigenvalue weighted by molar-refractivity contribution is -0.141. The molecule has 1 aromatic rings. The number of rotatable bonds is 5. The lowest BCUT2D eigenvalue weighted by Crippen LogP contribution is -2.39. The van der Waals surface area contributed by atoms with Gasteiger partial charge in [-0.25, -0.2) is 0 Å². The van der Waals surface area contributed by atoms with E-state index in [0.29, 0.717) is 12.5 Å². The monoisotopic (exact) mass is 277 g/mol. The molecule has 1 aliphatic heterocycles. The van der Waals surface area contributed by atoms with Crippen LogP contribution in [0.3, 0.4) is 0 Å². The molecule has 0 fully saturated rings. The Kier molecular flexibility index (Phi) is 4.21. The molecule has 110 valence electrons. The van der Waals surface area contributed by atoms with Crippen molar-refractivity contribution in [1.82, 2.24) is 0 Å². The van der Waals surface area contributed by atoms with Gasteiger partial charge in [0.15, 0.2) is 0 Å². The molecule has 0 radical (unpaired) electrons. The zero-order valence-electron chi connectivity index (χ0n) is 12.6. The molecule has 0 bridgehead atoms. The Morgan fingerprint density at radius 1 is 1.45 bits per heavy atom. The van der Waals surface area contributed by atoms with E-state index in [1.807, 2.05) is 6.07 Å². The van der Waals surface area contributed by atoms with Crippen molar-refractivity contribution in [3.8, 4) is 5.75 Å². The fourth-order valence-electron chi connectivity index (χ4n) is 3.06. The molecule has 0 spiro atoms. The molecule has 4 nitrogen and oxygen atoms in total. The van der Waals surface area contributed by atoms with Crippen LogP contribution in [0.25, 0.3) is 0 Å². The lowest BCUT2D eigenvalue weighted by Gasteiger charge is -2.32. The Hall–Kier alpha value is -1.71. The molecule has 0 saturated heterocycles. The van der Waals surface area contributed by atoms with Crippen LogP contribution in [0.1, 0.15) is 32.8 Å². The van der Waals surface area contributed by atoms with Gasteiger partial charge in [0.05, 0.1) is 13.0 Å². The Balaban J connectivity index is 2.26. The van der Waals surface area contributed by atoms with Crippen molar-refractivity contribution < 1.29 is 14.6 Å². The number of fused-ring (bicyclic) bond motifs is 1. The number of carboxylic acid groups (broad SMARTS) is 1. The number of ether oxygens (including phenoxy) is 1. The third-order valence-electron chi connectivity index (χ3n) is 4.02. The molecule has 20 heavy (non-hydrogen) atoms. The number of carboxylic acids is 1. The summed E-state index contributed by atoms with van der Waals surface area (Å²) in [5.74, 6) is -0.181. The van der Waals surface area contributed by atoms with Gasteiger partial charge < -0.3 is 14.7 Å². The highest BCUT2D eigenvalue weighted by molar-refractivity contribution is 5.70. The number of hydrogen-bond donors (Lipinski definition) is 1. The summed E-state index contributed by atoms with van der Waals surface area (Å²) in [5, 5.41) is 9.13. The van der Waals surface area contributed by atoms with Crippen molar-refractivity contribution >= 4 is 11.7 Å². The van der Waals surface area contributed by atoms with Crippen molar-refractivity contribution in [2.45, 2.75) is 45.7 Å². The molecular formula is C16H23NO3. The largest absolute Gasteiger partial charge is 0.497 e. The number of aliphatic carboxylic acids is 1. The molecule has 2 unspecified atom stereocenters. The topological polar surface area (TPSA) is 49.8 Å². The van der Waals surface area contributed by atoms with Crippen LogP contribution < -0.4 is 9.64 Å². The number of benzene rings is 1. The minimum Gasteiger partial charge on any atom is -0.497 e. The van der Waals surface area contributed by atoms with Crippen molar-refractivity contribution in [1.29, 1.82) is 0 Å². The van der Waals surface area contributed by atoms with Gasteiger partial charge in [-0.05, 0) is 50.5 Å². The first-order valence-corrected chi connectivity index (χ1v) is 7.12. The van der Waals surface area contributed by atoms with E-state index < -0.39 is 5.97 Å². The number of anilines is 1. The quantitative estimate of drug-likeness (QED) is 0.899. The van der Waals surface area contributed by atoms with E-state index >= 15 is 0 Å². The second kappa shape index (κ2) is 5.73. The average Bonchev–Trinajstić information content (AvgIpc) is 2.75. The first kappa shape index (κ1) is 14.7. The molecule has 1 N–H and O–H groups in total. The Morgan fingerprint density at radius 2 is 2.15 bits per heavy atom. The molecule has 0 amide bonds. The van der Waals surface area contributed by atoms with Crippen molar-refractivity contribution in [2.75, 3.05) is 12.0 Å². The summed E-state index contributed by atoms with van der Waals surface area (Å²) in [7, 11) is 1.67. The Morgan fingerprint density at radius 3 is 2.70 bits per heavy atom. The Labute approximate surface area is 120 Å². The number of carbonyl (C=O) groups is 1. The summed E-state index contributed by atoms with van der Waals surface area (Å²) >= 11 is 0. The summed E-state index contributed by atoms with van der Waals surface area (Å²) in [6, 6.07) is 6.73. The highest BCUT2D eigenvalue weighted by Gasteiger charge is 2.33. The highest BCUT2D eigenvalue weighted by atomic mass is 16.5. The van der Waals surface area contributed by atoms with E-state index in [9.17, 15) is 4.79 Å². The average molecular weight is 277 g/mol. The Bertz CT molecular complexity index is 498. The molecule has 0 aliphatic carbocycles. The predicted molar refractivity (Wildman–Crippen MR) is 79.5 cm³/mol. The van der Waals surface area contributed by atoms with Crippen molar-refractivity contribution in [3.63, 3.8) is 0 Å². The molecule has 1 aliphatic rings. The number of methoxy groups -OCH3 is 1. The van der Waals surface area contributed by atoms with Gasteiger partial charge in [-0.1, -0.05) is 6.92 Å². The highest BCUT2D eigenvalue weighted by Crippen LogP contribution is 2.38. The first-order valence-electron chi connectivity index (χ1n) is 7.12. The maximum absolute atomic E-state index is 11.1. The fourth-order valence-corrected chi connectivity index (χ4v) is 3.06. The van der Waals surface area contributed by atoms with E-state index in [4.69, 9.17) is 9.84 Å². The normalized spacial score (nSPS) is 19.1. The molecule has 0 aromatic heterocycles. The van der Waals surface area contributed by atoms with E-state index in [0.717, 1.165) is 12.2 Å². The molecule has 1 aromatic carbocycles. The molecule has 0 saturated carbocycles. The van der Waals surface area contributed by atoms with Crippen LogP contribution in [0.5, 0.6) is 5.75 Å². The second-order valence-electron chi connectivity index (χ2n) is 5.83. The summed E-state index contributed by atoms with van der Waals surface area (Å²) in [6.07, 6.45) is 1.56. The van der Waals surface area contributed by atoms with Crippen molar-refractivity contribution in [3.05, 3.63) is 23.8 Å². The predicted octanol–water partition coefficient (Wildman–Crippen LogP) is 2.95. The van der Waals surface area contributed by atoms with Crippen LogP contribution in [0, 0.1) is 5.92 Å². The van der Waals surface area contributed by atoms with Crippen LogP contribution >= 0.6 is 0 Å². The zero-order valence-corrected chi connectivity index (χ0v) is 12.6. The van der Waals surface area contributed by atoms with Crippen LogP contribution in [-0.2, 0) is 11.2 Å². The smallest absolute Gasteiger partial charge is 0.306 e. The van der Waals surface area contributed by atoms with Gasteiger partial charge in [0.1, 0.15) is 5.75 Å². The standard InChI is InChI=1S/C16H23NO3/c1-10(2)17-13(7-11(3)16(18)19)8-12-9-14(20-4)5-6-15(12)17/h5-6,9-11,13H,7-8H2,1-4H3,(H,18,19). The van der Waals surface area contributed by atoms with Gasteiger partial charge in [-0.2, -0.15) is 0 Å². The minimum atomic E-state index is -0.720. The summed E-state index contributed by atoms with van der Waals surface area (Å²) in [5.41, 5.74) is 2.46. The van der Waals surface area contributed by atoms with Gasteiger partial charge in [0.25, 0.3) is 0 Å². The summed E-state index contributed by atoms with van der Waals surface area (Å²) < 4.78 is 5.28. The molecule has 1 heterocycles. The maximum atomic E-state index is 11.1. The minimum absolute atomic E-state index is 0.253. The summed E-state index contributed by atoms with van der Waals surface area (Å²) in [6.45, 7) is 6.08. The third-order valence-corrected chi connectivity index (χ3v) is 4.02. The SMILES string of the molecule is COc1ccc2c(c1)CC(CC(C)C(=O)O)N2C(C)C. The zero-order chi connectivity index (χ0) is 14.9. The maximum Gasteiger partial charge on any atom is 0.306 e. The molecule has 4 heteroatoms. The van der Waals surface area contributed by atoms with Gasteiger partial charge >= 0.3 is 5.97 Å². The summed E-state index contributed by atoms with van der Waals surface area (Å²) in [4.78, 5) is 13.4. The van der Waals surface area contributed by atoms with E-state index in [2.05, 4.69) is 30.9 Å². The number of nitrogens with zero attached hydrogens (tertiary/aromatic N) is 1. The van der Waals surface area contributed by atoms with Crippen LogP contribution in [-0.4, -0.2) is 30.3 Å². The van der Waals surface area contributed by atoms with Crippen LogP contribution in [0.4, 0.5) is 5.69 Å². The lowest BCUT2D eigenvalue weighted by atomic mass is 9.98. The van der Waals surface area contributed by atoms with Gasteiger partial charge in [0.2, 0.25) is 0 Å².